The molecule has 0 radical (unpaired) electrons. The van der Waals surface area contributed by atoms with Gasteiger partial charge >= 0.3 is 12.7 Å². The van der Waals surface area contributed by atoms with E-state index in [1.807, 2.05) is 0 Å². The van der Waals surface area contributed by atoms with E-state index in [9.17, 15) is 31.5 Å². The first-order valence-electron chi connectivity index (χ1n) is 13.8. The second-order valence-electron chi connectivity index (χ2n) is 10.6. The lowest BCUT2D eigenvalue weighted by Gasteiger charge is -2.22. The van der Waals surface area contributed by atoms with E-state index >= 15 is 0 Å². The van der Waals surface area contributed by atoms with Crippen molar-refractivity contribution in [2.45, 2.75) is 45.0 Å². The zero-order valence-corrected chi connectivity index (χ0v) is 24.8. The number of alkyl halides is 5. The molecule has 0 spiro atoms. The molecule has 11 nitrogen and oxygen atoms in total. The number of hydrogen-bond donors (Lipinski definition) is 3. The Morgan fingerprint density at radius 2 is 1.91 bits per heavy atom. The van der Waals surface area contributed by atoms with Crippen molar-refractivity contribution in [2.75, 3.05) is 10.3 Å². The number of hydrogen-bond acceptors (Lipinski definition) is 8. The van der Waals surface area contributed by atoms with Gasteiger partial charge in [0.15, 0.2) is 0 Å². The Morgan fingerprint density at radius 3 is 2.61 bits per heavy atom. The molecule has 17 heteroatoms. The van der Waals surface area contributed by atoms with Crippen LogP contribution in [0.4, 0.5) is 33.3 Å². The van der Waals surface area contributed by atoms with E-state index in [4.69, 9.17) is 23.2 Å². The Bertz CT molecular complexity index is 1860. The van der Waals surface area contributed by atoms with Crippen LogP contribution in [-0.4, -0.2) is 36.4 Å². The van der Waals surface area contributed by atoms with Crippen molar-refractivity contribution in [3.63, 3.8) is 0 Å². The highest BCUT2D eigenvalue weighted by atomic mass is 35.5. The zero-order chi connectivity index (χ0) is 33.3. The van der Waals surface area contributed by atoms with Gasteiger partial charge in [-0.2, -0.15) is 27.1 Å². The van der Waals surface area contributed by atoms with Crippen LogP contribution in [0.1, 0.15) is 44.5 Å². The lowest BCUT2D eigenvalue weighted by Crippen LogP contribution is -2.30. The van der Waals surface area contributed by atoms with Crippen LogP contribution < -0.4 is 27.5 Å². The van der Waals surface area contributed by atoms with Gasteiger partial charge in [0.2, 0.25) is 5.91 Å². The van der Waals surface area contributed by atoms with E-state index in [2.05, 4.69) is 20.4 Å². The first-order valence-corrected chi connectivity index (χ1v) is 14.2. The van der Waals surface area contributed by atoms with Crippen LogP contribution in [0.2, 0.25) is 5.02 Å². The molecule has 5 rings (SSSR count). The third-order valence-electron chi connectivity index (χ3n) is 7.44. The Balaban J connectivity index is 1.57. The fraction of sp³-hybridized carbons (Fsp3) is 0.276. The topological polar surface area (TPSA) is 150 Å². The number of halogens is 6. The first kappa shape index (κ1) is 32.6. The Morgan fingerprint density at radius 1 is 1.15 bits per heavy atom. The second kappa shape index (κ2) is 12.9. The number of amides is 1. The maximum atomic E-state index is 13.6. The Labute approximate surface area is 263 Å². The fourth-order valence-electron chi connectivity index (χ4n) is 5.03. The van der Waals surface area contributed by atoms with E-state index in [0.717, 1.165) is 6.20 Å². The maximum absolute atomic E-state index is 13.6. The summed E-state index contributed by atoms with van der Waals surface area (Å²) in [6, 6.07) is 7.79. The Kier molecular flexibility index (Phi) is 9.12. The average Bonchev–Trinajstić information content (AvgIpc) is 3.42. The van der Waals surface area contributed by atoms with E-state index in [1.165, 1.54) is 41.4 Å². The number of carbonyl (C=O) groups is 1. The SMILES string of the molecule is CC1CCCC(n2cnc(-c3cc(Cl)ccc3N(N)/C=C(\N)C(F)(F)F)cc2=O)c2cc(ccn2)-c2nn(C(F)F)cc2NC1=O. The molecule has 5 N–H and O–H groups in total. The third kappa shape index (κ3) is 6.87. The predicted molar refractivity (Wildman–Crippen MR) is 160 cm³/mol. The molecule has 4 aromatic rings. The number of rotatable bonds is 5. The van der Waals surface area contributed by atoms with Gasteiger partial charge < -0.3 is 11.1 Å². The molecule has 0 saturated heterocycles. The number of hydrazine groups is 1. The van der Waals surface area contributed by atoms with Crippen LogP contribution in [0.5, 0.6) is 0 Å². The van der Waals surface area contributed by atoms with E-state index in [0.29, 0.717) is 46.4 Å². The smallest absolute Gasteiger partial charge is 0.393 e. The number of nitrogens with one attached hydrogen (secondary N) is 1. The molecule has 0 saturated carbocycles. The summed E-state index contributed by atoms with van der Waals surface area (Å²) >= 11 is 6.17. The molecule has 2 bridgehead atoms. The summed E-state index contributed by atoms with van der Waals surface area (Å²) in [5.41, 5.74) is 4.41. The summed E-state index contributed by atoms with van der Waals surface area (Å²) in [6.45, 7) is -1.24. The number of aromatic nitrogens is 5. The number of allylic oxidation sites excluding steroid dienone is 1. The van der Waals surface area contributed by atoms with Crippen molar-refractivity contribution in [1.29, 1.82) is 0 Å². The molecular weight excluding hydrogens is 637 g/mol. The number of anilines is 2. The lowest BCUT2D eigenvalue weighted by molar-refractivity contribution is -0.119. The molecule has 1 amide bonds. The molecule has 1 aromatic carbocycles. The fourth-order valence-corrected chi connectivity index (χ4v) is 5.20. The molecule has 4 heterocycles. The molecule has 0 aliphatic carbocycles. The van der Waals surface area contributed by atoms with Gasteiger partial charge in [-0.1, -0.05) is 24.9 Å². The standard InChI is InChI=1S/C29H27ClF5N9O2/c1-15-3-2-4-23(20-9-16(7-8-38-20)26-21(40-27(15)46)12-44(41-26)28(31)32)42-14-39-19(11-25(42)45)18-10-17(30)5-6-22(18)43(37)13-24(36)29(33,34)35/h5-15,23,28H,2-4,36-37H2,1H3,(H,40,46)/b24-13-. The summed E-state index contributed by atoms with van der Waals surface area (Å²) in [7, 11) is 0. The number of benzene rings is 1. The number of nitrogens with zero attached hydrogens (tertiary/aromatic N) is 6. The number of pyridine rings is 1. The summed E-state index contributed by atoms with van der Waals surface area (Å²) in [4.78, 5) is 35.4. The van der Waals surface area contributed by atoms with Gasteiger partial charge in [0.1, 0.15) is 11.4 Å². The van der Waals surface area contributed by atoms with Gasteiger partial charge in [-0.05, 0) is 43.2 Å². The zero-order valence-electron chi connectivity index (χ0n) is 24.0. The third-order valence-corrected chi connectivity index (χ3v) is 7.67. The van der Waals surface area contributed by atoms with Crippen LogP contribution in [0.15, 0.2) is 71.8 Å². The van der Waals surface area contributed by atoms with Gasteiger partial charge in [0.05, 0.1) is 41.3 Å². The number of carbonyl (C=O) groups excluding carboxylic acids is 1. The number of nitrogens with two attached hydrogens (primary N) is 2. The van der Waals surface area contributed by atoms with Crippen molar-refractivity contribution in [1.82, 2.24) is 24.3 Å². The largest absolute Gasteiger partial charge is 0.432 e. The second-order valence-corrected chi connectivity index (χ2v) is 11.1. The minimum absolute atomic E-state index is 0.0351. The number of fused-ring (bicyclic) bond motifs is 4. The average molecular weight is 664 g/mol. The highest BCUT2D eigenvalue weighted by Crippen LogP contribution is 2.35. The summed E-state index contributed by atoms with van der Waals surface area (Å²) in [5.74, 6) is 5.03. The molecule has 242 valence electrons. The van der Waals surface area contributed by atoms with Crippen molar-refractivity contribution >= 4 is 28.9 Å². The normalized spacial score (nSPS) is 17.6. The van der Waals surface area contributed by atoms with Crippen LogP contribution in [-0.2, 0) is 4.79 Å². The van der Waals surface area contributed by atoms with Gasteiger partial charge in [-0.25, -0.2) is 15.5 Å². The minimum Gasteiger partial charge on any atom is -0.393 e. The van der Waals surface area contributed by atoms with Gasteiger partial charge in [-0.3, -0.25) is 24.1 Å². The van der Waals surface area contributed by atoms with Gasteiger partial charge in [0, 0.05) is 40.5 Å². The summed E-state index contributed by atoms with van der Waals surface area (Å²) in [6.07, 6.45) is 0.683. The maximum Gasteiger partial charge on any atom is 0.432 e. The highest BCUT2D eigenvalue weighted by Gasteiger charge is 2.32. The molecule has 3 aromatic heterocycles. The van der Waals surface area contributed by atoms with E-state index < -0.39 is 35.9 Å². The summed E-state index contributed by atoms with van der Waals surface area (Å²) < 4.78 is 68.0. The minimum atomic E-state index is -4.83. The van der Waals surface area contributed by atoms with Crippen molar-refractivity contribution < 1.29 is 26.7 Å². The van der Waals surface area contributed by atoms with E-state index in [1.54, 1.807) is 19.1 Å². The molecule has 0 fully saturated rings. The molecule has 1 aliphatic heterocycles. The monoisotopic (exact) mass is 663 g/mol. The molecule has 46 heavy (non-hydrogen) atoms. The van der Waals surface area contributed by atoms with Crippen LogP contribution in [0.3, 0.4) is 0 Å². The van der Waals surface area contributed by atoms with Crippen LogP contribution in [0, 0.1) is 5.92 Å². The molecule has 2 atom stereocenters. The quantitative estimate of drug-likeness (QED) is 0.142. The van der Waals surface area contributed by atoms with E-state index in [-0.39, 0.29) is 39.3 Å². The van der Waals surface area contributed by atoms with Crippen LogP contribution >= 0.6 is 11.6 Å². The lowest BCUT2D eigenvalue weighted by atomic mass is 9.97. The van der Waals surface area contributed by atoms with Crippen LogP contribution in [0.25, 0.3) is 22.5 Å². The summed E-state index contributed by atoms with van der Waals surface area (Å²) in [5, 5.41) is 7.53. The van der Waals surface area contributed by atoms with Crippen molar-refractivity contribution in [3.8, 4) is 22.5 Å². The van der Waals surface area contributed by atoms with Gasteiger partial charge in [0.25, 0.3) is 5.56 Å². The first-order chi connectivity index (χ1) is 21.7. The highest BCUT2D eigenvalue weighted by molar-refractivity contribution is 6.31. The molecule has 2 unspecified atom stereocenters. The van der Waals surface area contributed by atoms with Crippen molar-refractivity contribution in [2.24, 2.45) is 17.5 Å². The van der Waals surface area contributed by atoms with Gasteiger partial charge in [-0.15, -0.1) is 0 Å². The Hall–Kier alpha value is -4.83. The molecular formula is C29H27ClF5N9O2. The predicted octanol–water partition coefficient (Wildman–Crippen LogP) is 5.61. The molecule has 1 aliphatic rings. The van der Waals surface area contributed by atoms with Crippen molar-refractivity contribution in [3.05, 3.63) is 88.1 Å².